The number of hydrogen-bond acceptors (Lipinski definition) is 4. The Morgan fingerprint density at radius 1 is 1.16 bits per heavy atom. The average Bonchev–Trinajstić information content (AvgIpc) is 3.15. The van der Waals surface area contributed by atoms with E-state index in [9.17, 15) is 14.0 Å². The Kier molecular flexibility index (Phi) is 5.35. The van der Waals surface area contributed by atoms with E-state index < -0.39 is 0 Å². The van der Waals surface area contributed by atoms with E-state index in [1.165, 1.54) is 34.2 Å². The summed E-state index contributed by atoms with van der Waals surface area (Å²) in [6.45, 7) is 0.838. The maximum absolute atomic E-state index is 13.0. The Hall–Kier alpha value is -2.80. The van der Waals surface area contributed by atoms with Crippen LogP contribution in [-0.2, 0) is 6.54 Å². The predicted octanol–water partition coefficient (Wildman–Crippen LogP) is 2.93. The molecule has 3 aromatic rings. The molecule has 0 fully saturated rings. The molecule has 0 saturated carbocycles. The van der Waals surface area contributed by atoms with Gasteiger partial charge in [0.05, 0.1) is 10.6 Å². The van der Waals surface area contributed by atoms with Crippen LogP contribution >= 0.6 is 11.3 Å². The fourth-order valence-electron chi connectivity index (χ4n) is 2.31. The van der Waals surface area contributed by atoms with Crippen molar-refractivity contribution >= 4 is 17.2 Å². The summed E-state index contributed by atoms with van der Waals surface area (Å²) in [5.74, 6) is -0.436. The number of benzene rings is 1. The van der Waals surface area contributed by atoms with Crippen molar-refractivity contribution in [1.82, 2.24) is 15.1 Å². The Morgan fingerprint density at radius 3 is 2.68 bits per heavy atom. The third kappa shape index (κ3) is 4.39. The lowest BCUT2D eigenvalue weighted by Gasteiger charge is -2.08. The molecule has 1 aromatic carbocycles. The Bertz CT molecular complexity index is 905. The minimum Gasteiger partial charge on any atom is -0.351 e. The standard InChI is InChI=1S/C18H16FN3O2S/c19-14-6-4-13(5-7-14)15-8-9-17(23)22(21-15)11-2-10-20-18(24)16-3-1-12-25-16/h1,3-9,12H,2,10-11H2,(H,20,24). The van der Waals surface area contributed by atoms with Crippen molar-refractivity contribution in [1.29, 1.82) is 0 Å². The third-order valence-corrected chi connectivity index (χ3v) is 4.45. The number of halogens is 1. The van der Waals surface area contributed by atoms with Crippen LogP contribution < -0.4 is 10.9 Å². The number of nitrogens with one attached hydrogen (secondary N) is 1. The van der Waals surface area contributed by atoms with Crippen molar-refractivity contribution in [3.8, 4) is 11.3 Å². The van der Waals surface area contributed by atoms with Crippen molar-refractivity contribution in [2.45, 2.75) is 13.0 Å². The van der Waals surface area contributed by atoms with E-state index in [0.29, 0.717) is 30.1 Å². The maximum atomic E-state index is 13.0. The Morgan fingerprint density at radius 2 is 1.96 bits per heavy atom. The van der Waals surface area contributed by atoms with Crippen LogP contribution in [0.5, 0.6) is 0 Å². The molecule has 0 unspecified atom stereocenters. The number of thiophene rings is 1. The smallest absolute Gasteiger partial charge is 0.266 e. The topological polar surface area (TPSA) is 64.0 Å². The highest BCUT2D eigenvalue weighted by atomic mass is 32.1. The van der Waals surface area contributed by atoms with Gasteiger partial charge in [-0.25, -0.2) is 9.07 Å². The van der Waals surface area contributed by atoms with Crippen LogP contribution in [0.3, 0.4) is 0 Å². The fourth-order valence-corrected chi connectivity index (χ4v) is 2.95. The van der Waals surface area contributed by atoms with Crippen LogP contribution in [0.2, 0.25) is 0 Å². The maximum Gasteiger partial charge on any atom is 0.266 e. The number of aryl methyl sites for hydroxylation is 1. The molecule has 3 rings (SSSR count). The molecule has 1 N–H and O–H groups in total. The molecule has 25 heavy (non-hydrogen) atoms. The number of carbonyl (C=O) groups excluding carboxylic acids is 1. The van der Waals surface area contributed by atoms with Gasteiger partial charge in [-0.3, -0.25) is 9.59 Å². The third-order valence-electron chi connectivity index (χ3n) is 3.58. The zero-order valence-electron chi connectivity index (χ0n) is 13.3. The van der Waals surface area contributed by atoms with E-state index in [1.54, 1.807) is 24.3 Å². The zero-order valence-corrected chi connectivity index (χ0v) is 14.1. The molecule has 0 spiro atoms. The van der Waals surface area contributed by atoms with E-state index in [2.05, 4.69) is 10.4 Å². The van der Waals surface area contributed by atoms with Crippen molar-refractivity contribution in [3.63, 3.8) is 0 Å². The number of carbonyl (C=O) groups is 1. The highest BCUT2D eigenvalue weighted by molar-refractivity contribution is 7.12. The SMILES string of the molecule is O=C(NCCCn1nc(-c2ccc(F)cc2)ccc1=O)c1cccs1. The van der Waals surface area contributed by atoms with Crippen LogP contribution in [-0.4, -0.2) is 22.2 Å². The zero-order chi connectivity index (χ0) is 17.6. The number of amides is 1. The van der Waals surface area contributed by atoms with E-state index >= 15 is 0 Å². The summed E-state index contributed by atoms with van der Waals surface area (Å²) in [6.07, 6.45) is 0.580. The van der Waals surface area contributed by atoms with Crippen molar-refractivity contribution in [2.24, 2.45) is 0 Å². The number of rotatable bonds is 6. The summed E-state index contributed by atoms with van der Waals surface area (Å²) in [6, 6.07) is 12.6. The quantitative estimate of drug-likeness (QED) is 0.690. The first-order valence-electron chi connectivity index (χ1n) is 7.79. The second kappa shape index (κ2) is 7.85. The van der Waals surface area contributed by atoms with Gasteiger partial charge in [-0.2, -0.15) is 5.10 Å². The van der Waals surface area contributed by atoms with Gasteiger partial charge in [-0.1, -0.05) is 6.07 Å². The molecular weight excluding hydrogens is 341 g/mol. The Balaban J connectivity index is 1.60. The second-order valence-corrected chi connectivity index (χ2v) is 6.32. The summed E-state index contributed by atoms with van der Waals surface area (Å²) in [4.78, 5) is 24.4. The fraction of sp³-hybridized carbons (Fsp3) is 0.167. The molecule has 0 atom stereocenters. The van der Waals surface area contributed by atoms with E-state index in [1.807, 2.05) is 11.4 Å². The van der Waals surface area contributed by atoms with Gasteiger partial charge >= 0.3 is 0 Å². The molecule has 2 aromatic heterocycles. The van der Waals surface area contributed by atoms with Gasteiger partial charge < -0.3 is 5.32 Å². The largest absolute Gasteiger partial charge is 0.351 e. The van der Waals surface area contributed by atoms with Gasteiger partial charge in [-0.15, -0.1) is 11.3 Å². The number of nitrogens with zero attached hydrogens (tertiary/aromatic N) is 2. The number of hydrogen-bond donors (Lipinski definition) is 1. The lowest BCUT2D eigenvalue weighted by Crippen LogP contribution is -2.27. The van der Waals surface area contributed by atoms with Gasteiger partial charge in [-0.05, 0) is 48.2 Å². The molecular formula is C18H16FN3O2S. The molecule has 2 heterocycles. The second-order valence-electron chi connectivity index (χ2n) is 5.37. The molecule has 5 nitrogen and oxygen atoms in total. The summed E-state index contributed by atoms with van der Waals surface area (Å²) < 4.78 is 14.4. The summed E-state index contributed by atoms with van der Waals surface area (Å²) in [5, 5.41) is 8.97. The van der Waals surface area contributed by atoms with E-state index in [0.717, 1.165) is 5.56 Å². The molecule has 0 radical (unpaired) electrons. The van der Waals surface area contributed by atoms with Crippen LogP contribution in [0.1, 0.15) is 16.1 Å². The van der Waals surface area contributed by atoms with Crippen molar-refractivity contribution in [3.05, 3.63) is 75.0 Å². The first-order chi connectivity index (χ1) is 12.1. The van der Waals surface area contributed by atoms with Crippen LogP contribution in [0.15, 0.2) is 58.7 Å². The van der Waals surface area contributed by atoms with E-state index in [-0.39, 0.29) is 17.3 Å². The normalized spacial score (nSPS) is 10.6. The molecule has 128 valence electrons. The molecule has 7 heteroatoms. The first kappa shape index (κ1) is 17.0. The minimum atomic E-state index is -0.321. The van der Waals surface area contributed by atoms with Crippen LogP contribution in [0, 0.1) is 5.82 Å². The first-order valence-corrected chi connectivity index (χ1v) is 8.67. The van der Waals surface area contributed by atoms with Gasteiger partial charge in [0.1, 0.15) is 5.82 Å². The van der Waals surface area contributed by atoms with E-state index in [4.69, 9.17) is 0 Å². The molecule has 0 aliphatic carbocycles. The molecule has 1 amide bonds. The van der Waals surface area contributed by atoms with Crippen molar-refractivity contribution < 1.29 is 9.18 Å². The Labute approximate surface area is 147 Å². The minimum absolute atomic E-state index is 0.115. The van der Waals surface area contributed by atoms with Gasteiger partial charge in [0.15, 0.2) is 0 Å². The molecule has 0 aliphatic heterocycles. The molecule has 0 bridgehead atoms. The lowest BCUT2D eigenvalue weighted by molar-refractivity contribution is 0.0956. The van der Waals surface area contributed by atoms with Gasteiger partial charge in [0.2, 0.25) is 0 Å². The summed E-state index contributed by atoms with van der Waals surface area (Å²) in [5.41, 5.74) is 1.12. The highest BCUT2D eigenvalue weighted by Crippen LogP contribution is 2.15. The van der Waals surface area contributed by atoms with Crippen LogP contribution in [0.25, 0.3) is 11.3 Å². The molecule has 0 aliphatic rings. The van der Waals surface area contributed by atoms with Crippen LogP contribution in [0.4, 0.5) is 4.39 Å². The summed E-state index contributed by atoms with van der Waals surface area (Å²) in [7, 11) is 0. The lowest BCUT2D eigenvalue weighted by atomic mass is 10.1. The van der Waals surface area contributed by atoms with Gasteiger partial charge in [0.25, 0.3) is 11.5 Å². The number of aromatic nitrogens is 2. The predicted molar refractivity (Wildman–Crippen MR) is 95.2 cm³/mol. The average molecular weight is 357 g/mol. The highest BCUT2D eigenvalue weighted by Gasteiger charge is 2.06. The van der Waals surface area contributed by atoms with Crippen molar-refractivity contribution in [2.75, 3.05) is 6.54 Å². The monoisotopic (exact) mass is 357 g/mol. The summed E-state index contributed by atoms with van der Waals surface area (Å²) >= 11 is 1.38. The van der Waals surface area contributed by atoms with Gasteiger partial charge in [0, 0.05) is 24.7 Å². The molecule has 0 saturated heterocycles.